The molecule has 5 nitrogen and oxygen atoms in total. The summed E-state index contributed by atoms with van der Waals surface area (Å²) >= 11 is 2.98. The fourth-order valence-corrected chi connectivity index (χ4v) is 3.47. The maximum atomic E-state index is 8.75. The minimum Gasteiger partial charge on any atom is -0.497 e. The van der Waals surface area contributed by atoms with Gasteiger partial charge in [0.15, 0.2) is 11.4 Å². The van der Waals surface area contributed by atoms with E-state index in [1.165, 1.54) is 11.8 Å². The molecule has 0 aliphatic heterocycles. The summed E-state index contributed by atoms with van der Waals surface area (Å²) in [5.41, 5.74) is 3.74. The second-order valence-electron chi connectivity index (χ2n) is 5.17. The van der Waals surface area contributed by atoms with Crippen LogP contribution in [0.5, 0.6) is 5.75 Å². The number of methoxy groups -OCH3 is 1. The lowest BCUT2D eigenvalue weighted by molar-refractivity contribution is 0.415. The van der Waals surface area contributed by atoms with Crippen LogP contribution in [0.25, 0.3) is 21.8 Å². The minimum atomic E-state index is 0.558. The van der Waals surface area contributed by atoms with Crippen LogP contribution in [-0.2, 0) is 0 Å². The van der Waals surface area contributed by atoms with E-state index in [1.807, 2.05) is 66.4 Å². The lowest BCUT2D eigenvalue weighted by Crippen LogP contribution is -2.12. The molecule has 0 bridgehead atoms. The number of aromatic nitrogens is 1. The minimum absolute atomic E-state index is 0.558. The average Bonchev–Trinajstić information content (AvgIpc) is 3.18. The summed E-state index contributed by atoms with van der Waals surface area (Å²) in [5, 5.41) is 14.8. The van der Waals surface area contributed by atoms with Gasteiger partial charge in [0.2, 0.25) is 0 Å². The van der Waals surface area contributed by atoms with Crippen molar-refractivity contribution < 1.29 is 4.74 Å². The van der Waals surface area contributed by atoms with Crippen molar-refractivity contribution in [1.82, 2.24) is 10.3 Å². The van der Waals surface area contributed by atoms with E-state index in [0.29, 0.717) is 5.17 Å². The fourth-order valence-electron chi connectivity index (χ4n) is 2.30. The maximum Gasteiger partial charge on any atom is 0.183 e. The number of nitrogens with one attached hydrogen (secondary N) is 1. The Morgan fingerprint density at radius 3 is 2.73 bits per heavy atom. The zero-order valence-electron chi connectivity index (χ0n) is 14.3. The van der Waals surface area contributed by atoms with Crippen molar-refractivity contribution in [3.05, 3.63) is 53.9 Å². The van der Waals surface area contributed by atoms with E-state index in [2.05, 4.69) is 10.3 Å². The van der Waals surface area contributed by atoms with Crippen LogP contribution < -0.4 is 10.1 Å². The van der Waals surface area contributed by atoms with E-state index < -0.39 is 0 Å². The molecule has 3 aromatic rings. The summed E-state index contributed by atoms with van der Waals surface area (Å²) in [6, 6.07) is 15.7. The van der Waals surface area contributed by atoms with Gasteiger partial charge in [-0.15, -0.1) is 11.3 Å². The van der Waals surface area contributed by atoms with Gasteiger partial charge in [0.25, 0.3) is 0 Å². The Morgan fingerprint density at radius 2 is 2.04 bits per heavy atom. The molecule has 3 rings (SSSR count). The van der Waals surface area contributed by atoms with Crippen molar-refractivity contribution in [2.75, 3.05) is 13.4 Å². The third-order valence-electron chi connectivity index (χ3n) is 3.57. The Morgan fingerprint density at radius 1 is 1.23 bits per heavy atom. The van der Waals surface area contributed by atoms with E-state index in [9.17, 15) is 0 Å². The van der Waals surface area contributed by atoms with E-state index in [0.717, 1.165) is 33.3 Å². The predicted octanol–water partition coefficient (Wildman–Crippen LogP) is 4.91. The van der Waals surface area contributed by atoms with E-state index in [4.69, 9.17) is 15.0 Å². The summed E-state index contributed by atoms with van der Waals surface area (Å²) in [7, 11) is 1.65. The quantitative estimate of drug-likeness (QED) is 0.301. The number of thioether (sulfide) groups is 1. The monoisotopic (exact) mass is 380 g/mol. The first-order valence-electron chi connectivity index (χ1n) is 7.71. The van der Waals surface area contributed by atoms with Gasteiger partial charge in [0.1, 0.15) is 10.8 Å². The van der Waals surface area contributed by atoms with Crippen molar-refractivity contribution in [2.45, 2.75) is 0 Å². The highest BCUT2D eigenvalue weighted by molar-refractivity contribution is 8.13. The summed E-state index contributed by atoms with van der Waals surface area (Å²) in [6.07, 6.45) is 3.76. The molecule has 0 aliphatic rings. The third-order valence-corrected chi connectivity index (χ3v) is 5.04. The molecule has 0 radical (unpaired) electrons. The predicted molar refractivity (Wildman–Crippen MR) is 109 cm³/mol. The van der Waals surface area contributed by atoms with Crippen LogP contribution in [0.15, 0.2) is 58.9 Å². The number of benzene rings is 2. The van der Waals surface area contributed by atoms with Crippen molar-refractivity contribution in [3.8, 4) is 33.8 Å². The summed E-state index contributed by atoms with van der Waals surface area (Å²) in [5.74, 6) is 0.824. The zero-order valence-corrected chi connectivity index (χ0v) is 15.9. The second kappa shape index (κ2) is 8.52. The molecular weight excluding hydrogens is 364 g/mol. The highest BCUT2D eigenvalue weighted by atomic mass is 32.2. The van der Waals surface area contributed by atoms with Gasteiger partial charge in [0, 0.05) is 16.5 Å². The number of rotatable bonds is 4. The molecule has 0 aliphatic carbocycles. The molecule has 130 valence electrons. The summed E-state index contributed by atoms with van der Waals surface area (Å²) in [4.78, 5) is 9.19. The Bertz CT molecular complexity index is 958. The number of hydrogen-bond acceptors (Lipinski definition) is 6. The number of hydrogen-bond donors (Lipinski definition) is 1. The largest absolute Gasteiger partial charge is 0.497 e. The van der Waals surface area contributed by atoms with Crippen LogP contribution in [0.3, 0.4) is 0 Å². The van der Waals surface area contributed by atoms with Crippen molar-refractivity contribution in [3.63, 3.8) is 0 Å². The first-order chi connectivity index (χ1) is 12.7. The highest BCUT2D eigenvalue weighted by Crippen LogP contribution is 2.31. The van der Waals surface area contributed by atoms with Gasteiger partial charge in [-0.05, 0) is 42.7 Å². The van der Waals surface area contributed by atoms with E-state index in [1.54, 1.807) is 18.4 Å². The summed E-state index contributed by atoms with van der Waals surface area (Å²) in [6.45, 7) is 0. The van der Waals surface area contributed by atoms with Crippen LogP contribution in [0.2, 0.25) is 0 Å². The number of nitrogens with zero attached hydrogens (tertiary/aromatic N) is 3. The maximum absolute atomic E-state index is 8.75. The Hall–Kier alpha value is -2.82. The van der Waals surface area contributed by atoms with Crippen molar-refractivity contribution >= 4 is 34.0 Å². The molecule has 0 fully saturated rings. The third kappa shape index (κ3) is 4.23. The molecule has 2 aromatic carbocycles. The lowest BCUT2D eigenvalue weighted by Gasteiger charge is -2.02. The van der Waals surface area contributed by atoms with Crippen molar-refractivity contribution in [2.24, 2.45) is 4.99 Å². The normalized spacial score (nSPS) is 11.0. The van der Waals surface area contributed by atoms with Gasteiger partial charge >= 0.3 is 0 Å². The van der Waals surface area contributed by atoms with E-state index in [-0.39, 0.29) is 0 Å². The molecule has 0 saturated carbocycles. The van der Waals surface area contributed by atoms with Crippen LogP contribution in [0.4, 0.5) is 5.69 Å². The highest BCUT2D eigenvalue weighted by Gasteiger charge is 2.08. The molecule has 1 heterocycles. The smallest absolute Gasteiger partial charge is 0.183 e. The van der Waals surface area contributed by atoms with Crippen LogP contribution in [0.1, 0.15) is 0 Å². The Labute approximate surface area is 160 Å². The van der Waals surface area contributed by atoms with Gasteiger partial charge in [-0.25, -0.2) is 9.98 Å². The average molecular weight is 380 g/mol. The molecule has 0 spiro atoms. The number of nitriles is 1. The molecule has 7 heteroatoms. The van der Waals surface area contributed by atoms with Gasteiger partial charge < -0.3 is 4.74 Å². The molecule has 26 heavy (non-hydrogen) atoms. The molecular formula is C19H16N4OS2. The Kier molecular flexibility index (Phi) is 5.89. The molecule has 0 amide bonds. The fraction of sp³-hybridized carbons (Fsp3) is 0.105. The first kappa shape index (κ1) is 18.0. The second-order valence-corrected chi connectivity index (χ2v) is 6.83. The van der Waals surface area contributed by atoms with Crippen LogP contribution >= 0.6 is 23.1 Å². The van der Waals surface area contributed by atoms with Crippen molar-refractivity contribution in [1.29, 1.82) is 5.26 Å². The molecule has 0 saturated heterocycles. The number of thiazole rings is 1. The number of amidine groups is 1. The van der Waals surface area contributed by atoms with Crippen LogP contribution in [0, 0.1) is 11.5 Å². The molecule has 0 unspecified atom stereocenters. The van der Waals surface area contributed by atoms with Crippen LogP contribution in [-0.4, -0.2) is 23.5 Å². The summed E-state index contributed by atoms with van der Waals surface area (Å²) < 4.78 is 5.19. The standard InChI is InChI=1S/C19H16N4OS2/c1-24-16-8-6-13(7-9-16)17-11-26-18(23-17)14-4-3-5-15(10-14)22-19(25-2)21-12-20/h3-11H,1-2H3,(H,21,22). The van der Waals surface area contributed by atoms with Gasteiger partial charge in [-0.3, -0.25) is 5.32 Å². The molecule has 0 atom stereocenters. The number of aliphatic imine (C=N–C) groups is 1. The Balaban J connectivity index is 1.87. The number of ether oxygens (including phenoxy) is 1. The van der Waals surface area contributed by atoms with Gasteiger partial charge in [-0.1, -0.05) is 23.9 Å². The van der Waals surface area contributed by atoms with Gasteiger partial charge in [-0.2, -0.15) is 5.26 Å². The SMILES string of the molecule is COc1ccc(-c2csc(-c3cccc(N=C(NC#N)SC)c3)n2)cc1. The van der Waals surface area contributed by atoms with E-state index >= 15 is 0 Å². The lowest BCUT2D eigenvalue weighted by atomic mass is 10.1. The molecule has 1 N–H and O–H groups in total. The topological polar surface area (TPSA) is 70.3 Å². The first-order valence-corrected chi connectivity index (χ1v) is 9.82. The molecule has 1 aromatic heterocycles. The zero-order chi connectivity index (χ0) is 18.4. The van der Waals surface area contributed by atoms with Gasteiger partial charge in [0.05, 0.1) is 18.5 Å².